The fourth-order valence-electron chi connectivity index (χ4n) is 4.88. The fourth-order valence-corrected chi connectivity index (χ4v) is 5.59. The van der Waals surface area contributed by atoms with Gasteiger partial charge in [0.25, 0.3) is 5.91 Å². The van der Waals surface area contributed by atoms with Crippen LogP contribution in [0.4, 0.5) is 0 Å². The van der Waals surface area contributed by atoms with E-state index in [1.807, 2.05) is 42.5 Å². The number of hydrazone groups is 1. The summed E-state index contributed by atoms with van der Waals surface area (Å²) in [6, 6.07) is 21.6. The van der Waals surface area contributed by atoms with Crippen molar-refractivity contribution in [1.29, 1.82) is 0 Å². The number of aromatic nitrogens is 1. The zero-order chi connectivity index (χ0) is 24.9. The van der Waals surface area contributed by atoms with Crippen molar-refractivity contribution in [1.82, 2.24) is 9.99 Å². The van der Waals surface area contributed by atoms with Crippen LogP contribution in [0.3, 0.4) is 0 Å². The first kappa shape index (κ1) is 24.1. The first-order valence-electron chi connectivity index (χ1n) is 12.1. The Morgan fingerprint density at radius 3 is 2.42 bits per heavy atom. The molecule has 5 rings (SSSR count). The molecule has 0 N–H and O–H groups in total. The lowest BCUT2D eigenvalue weighted by Crippen LogP contribution is -2.32. The standard InChI is InChI=1S/C29H29N3O3S/c1-34-23-13-9-20(10-14-23)18-22-6-5-7-25-28(22)31-32(27(33)19-36-26-8-3-4-17-30-26)29(25)21-11-15-24(35-2)16-12-21/h3-4,8-18,25,29H,5-7,19H2,1-2H3. The molecule has 0 bridgehead atoms. The third-order valence-corrected chi connectivity index (χ3v) is 7.58. The molecule has 1 aliphatic carbocycles. The number of thioether (sulfide) groups is 1. The number of amides is 1. The van der Waals surface area contributed by atoms with E-state index >= 15 is 0 Å². The number of allylic oxidation sites excluding steroid dienone is 1. The Bertz CT molecular complexity index is 1260. The minimum Gasteiger partial charge on any atom is -0.497 e. The van der Waals surface area contributed by atoms with Crippen molar-refractivity contribution in [2.24, 2.45) is 11.0 Å². The minimum absolute atomic E-state index is 0.0165. The fraction of sp³-hybridized carbons (Fsp3) is 0.276. The highest BCUT2D eigenvalue weighted by Gasteiger charge is 2.43. The van der Waals surface area contributed by atoms with Gasteiger partial charge in [-0.05, 0) is 78.4 Å². The van der Waals surface area contributed by atoms with Gasteiger partial charge in [-0.15, -0.1) is 0 Å². The molecule has 1 aliphatic heterocycles. The molecule has 2 unspecified atom stereocenters. The van der Waals surface area contributed by atoms with E-state index < -0.39 is 0 Å². The molecular formula is C29H29N3O3S. The highest BCUT2D eigenvalue weighted by Crippen LogP contribution is 2.45. The van der Waals surface area contributed by atoms with Gasteiger partial charge in [0.15, 0.2) is 0 Å². The maximum Gasteiger partial charge on any atom is 0.253 e. The van der Waals surface area contributed by atoms with Crippen LogP contribution in [0, 0.1) is 5.92 Å². The molecule has 0 radical (unpaired) electrons. The Balaban J connectivity index is 1.46. The summed E-state index contributed by atoms with van der Waals surface area (Å²) in [5.74, 6) is 2.05. The normalized spacial score (nSPS) is 20.1. The summed E-state index contributed by atoms with van der Waals surface area (Å²) >= 11 is 1.44. The zero-order valence-corrected chi connectivity index (χ0v) is 21.3. The van der Waals surface area contributed by atoms with Gasteiger partial charge >= 0.3 is 0 Å². The van der Waals surface area contributed by atoms with Gasteiger partial charge in [-0.3, -0.25) is 4.79 Å². The van der Waals surface area contributed by atoms with E-state index in [1.165, 1.54) is 17.3 Å². The summed E-state index contributed by atoms with van der Waals surface area (Å²) in [6.07, 6.45) is 6.94. The number of hydrogen-bond acceptors (Lipinski definition) is 6. The van der Waals surface area contributed by atoms with E-state index in [2.05, 4.69) is 35.3 Å². The number of pyridine rings is 1. The van der Waals surface area contributed by atoms with Gasteiger partial charge in [-0.2, -0.15) is 5.10 Å². The molecule has 0 saturated heterocycles. The summed E-state index contributed by atoms with van der Waals surface area (Å²) in [6.45, 7) is 0. The summed E-state index contributed by atoms with van der Waals surface area (Å²) in [7, 11) is 3.33. The first-order valence-corrected chi connectivity index (χ1v) is 13.1. The third kappa shape index (κ3) is 5.16. The van der Waals surface area contributed by atoms with Crippen molar-refractivity contribution in [2.45, 2.75) is 30.3 Å². The molecule has 36 heavy (non-hydrogen) atoms. The van der Waals surface area contributed by atoms with Crippen molar-refractivity contribution < 1.29 is 14.3 Å². The van der Waals surface area contributed by atoms with Crippen LogP contribution in [-0.2, 0) is 4.79 Å². The van der Waals surface area contributed by atoms with Crippen LogP contribution in [-0.4, -0.2) is 41.6 Å². The van der Waals surface area contributed by atoms with Gasteiger partial charge in [0, 0.05) is 12.1 Å². The molecule has 2 heterocycles. The van der Waals surface area contributed by atoms with E-state index in [1.54, 1.807) is 25.4 Å². The molecule has 6 nitrogen and oxygen atoms in total. The predicted molar refractivity (Wildman–Crippen MR) is 143 cm³/mol. The van der Waals surface area contributed by atoms with Crippen molar-refractivity contribution in [3.05, 3.63) is 89.6 Å². The van der Waals surface area contributed by atoms with Crippen molar-refractivity contribution in [3.8, 4) is 11.5 Å². The quantitative estimate of drug-likeness (QED) is 0.372. The molecule has 2 aromatic carbocycles. The second kappa shape index (κ2) is 11.0. The average molecular weight is 500 g/mol. The molecule has 7 heteroatoms. The van der Waals surface area contributed by atoms with Crippen LogP contribution in [0.2, 0.25) is 0 Å². The molecule has 0 spiro atoms. The Kier molecular flexibility index (Phi) is 7.37. The SMILES string of the molecule is COc1ccc(C=C2CCCC3C2=NN(C(=O)CSc2ccccn2)C3c2ccc(OC)cc2)cc1. The number of benzene rings is 2. The number of carbonyl (C=O) groups excluding carboxylic acids is 1. The molecule has 1 aromatic heterocycles. The summed E-state index contributed by atoms with van der Waals surface area (Å²) < 4.78 is 10.7. The maximum atomic E-state index is 13.5. The van der Waals surface area contributed by atoms with Gasteiger partial charge < -0.3 is 9.47 Å². The smallest absolute Gasteiger partial charge is 0.253 e. The van der Waals surface area contributed by atoms with Crippen LogP contribution in [0.25, 0.3) is 6.08 Å². The number of fused-ring (bicyclic) bond motifs is 1. The van der Waals surface area contributed by atoms with Crippen molar-refractivity contribution in [2.75, 3.05) is 20.0 Å². The topological polar surface area (TPSA) is 64.0 Å². The third-order valence-electron chi connectivity index (χ3n) is 6.65. The van der Waals surface area contributed by atoms with E-state index in [4.69, 9.17) is 14.6 Å². The van der Waals surface area contributed by atoms with Gasteiger partial charge in [-0.1, -0.05) is 42.1 Å². The molecule has 1 fully saturated rings. The largest absolute Gasteiger partial charge is 0.497 e. The zero-order valence-electron chi connectivity index (χ0n) is 20.5. The number of carbonyl (C=O) groups is 1. The van der Waals surface area contributed by atoms with Crippen molar-refractivity contribution >= 4 is 29.5 Å². The lowest BCUT2D eigenvalue weighted by molar-refractivity contribution is -0.130. The second-order valence-corrected chi connectivity index (χ2v) is 9.84. The monoisotopic (exact) mass is 499 g/mol. The van der Waals surface area contributed by atoms with Gasteiger partial charge in [-0.25, -0.2) is 9.99 Å². The molecule has 184 valence electrons. The average Bonchev–Trinajstić information content (AvgIpc) is 3.33. The van der Waals surface area contributed by atoms with Crippen LogP contribution in [0.1, 0.15) is 36.4 Å². The lowest BCUT2D eigenvalue weighted by atomic mass is 9.77. The van der Waals surface area contributed by atoms with E-state index in [-0.39, 0.29) is 23.6 Å². The summed E-state index contributed by atoms with van der Waals surface area (Å²) in [4.78, 5) is 17.9. The Morgan fingerprint density at radius 1 is 1.03 bits per heavy atom. The molecular weight excluding hydrogens is 470 g/mol. The Hall–Kier alpha value is -3.58. The summed E-state index contributed by atoms with van der Waals surface area (Å²) in [5.41, 5.74) is 4.39. The highest BCUT2D eigenvalue weighted by molar-refractivity contribution is 7.99. The van der Waals surface area contributed by atoms with E-state index in [0.717, 1.165) is 52.6 Å². The molecule has 1 saturated carbocycles. The summed E-state index contributed by atoms with van der Waals surface area (Å²) in [5, 5.41) is 7.52. The number of methoxy groups -OCH3 is 2. The van der Waals surface area contributed by atoms with Gasteiger partial charge in [0.1, 0.15) is 11.5 Å². The van der Waals surface area contributed by atoms with Gasteiger partial charge in [0.05, 0.1) is 36.8 Å². The molecule has 3 aromatic rings. The number of hydrogen-bond donors (Lipinski definition) is 0. The van der Waals surface area contributed by atoms with Crippen LogP contribution >= 0.6 is 11.8 Å². The van der Waals surface area contributed by atoms with Gasteiger partial charge in [0.2, 0.25) is 0 Å². The van der Waals surface area contributed by atoms with Crippen molar-refractivity contribution in [3.63, 3.8) is 0 Å². The molecule has 2 aliphatic rings. The Morgan fingerprint density at radius 2 is 1.75 bits per heavy atom. The number of nitrogens with zero attached hydrogens (tertiary/aromatic N) is 3. The molecule has 1 amide bonds. The second-order valence-electron chi connectivity index (χ2n) is 8.84. The van der Waals surface area contributed by atoms with Crippen LogP contribution < -0.4 is 9.47 Å². The number of rotatable bonds is 7. The predicted octanol–water partition coefficient (Wildman–Crippen LogP) is 6.01. The van der Waals surface area contributed by atoms with E-state index in [9.17, 15) is 4.79 Å². The molecule has 2 atom stereocenters. The Labute approximate surface area is 216 Å². The van der Waals surface area contributed by atoms with Crippen LogP contribution in [0.5, 0.6) is 11.5 Å². The lowest BCUT2D eigenvalue weighted by Gasteiger charge is -2.29. The highest BCUT2D eigenvalue weighted by atomic mass is 32.2. The van der Waals surface area contributed by atoms with E-state index in [0.29, 0.717) is 0 Å². The minimum atomic E-state index is -0.137. The first-order chi connectivity index (χ1) is 17.7. The van der Waals surface area contributed by atoms with Crippen LogP contribution in [0.15, 0.2) is 88.6 Å². The maximum absolute atomic E-state index is 13.5. The number of ether oxygens (including phenoxy) is 2.